The number of rotatable bonds is 5. The standard InChI is InChI=1S/C17H23F2N7S/c18-17(19)26-2-1-20-16(26)12-23-3-5-24(6-4-23)14-11-15(22-13-21-14)25-7-9-27-10-8-25/h1-2,11,13,17H,3-10,12H2. The van der Waals surface area contributed by atoms with Crippen LogP contribution in [0, 0.1) is 0 Å². The minimum absolute atomic E-state index is 0.408. The van der Waals surface area contributed by atoms with E-state index in [1.165, 1.54) is 12.4 Å². The van der Waals surface area contributed by atoms with Crippen LogP contribution >= 0.6 is 11.8 Å². The van der Waals surface area contributed by atoms with Crippen molar-refractivity contribution in [2.45, 2.75) is 13.1 Å². The van der Waals surface area contributed by atoms with Gasteiger partial charge in [0.25, 0.3) is 0 Å². The molecule has 10 heteroatoms. The minimum Gasteiger partial charge on any atom is -0.355 e. The first kappa shape index (κ1) is 18.4. The summed E-state index contributed by atoms with van der Waals surface area (Å²) >= 11 is 1.98. The number of piperazine rings is 1. The summed E-state index contributed by atoms with van der Waals surface area (Å²) in [7, 11) is 0. The van der Waals surface area contributed by atoms with Crippen molar-refractivity contribution in [3.8, 4) is 0 Å². The van der Waals surface area contributed by atoms with Gasteiger partial charge in [0, 0.05) is 69.2 Å². The number of hydrogen-bond acceptors (Lipinski definition) is 7. The zero-order valence-electron chi connectivity index (χ0n) is 15.0. The third-order valence-electron chi connectivity index (χ3n) is 4.99. The van der Waals surface area contributed by atoms with Crippen LogP contribution in [0.3, 0.4) is 0 Å². The van der Waals surface area contributed by atoms with Crippen LogP contribution in [0.4, 0.5) is 20.4 Å². The first-order valence-corrected chi connectivity index (χ1v) is 10.3. The van der Waals surface area contributed by atoms with Crippen LogP contribution in [0.5, 0.6) is 0 Å². The first-order chi connectivity index (χ1) is 13.2. The first-order valence-electron chi connectivity index (χ1n) is 9.12. The number of alkyl halides is 2. The Morgan fingerprint density at radius 1 is 0.926 bits per heavy atom. The van der Waals surface area contributed by atoms with E-state index in [0.717, 1.165) is 67.0 Å². The Labute approximate surface area is 161 Å². The molecule has 2 aliphatic heterocycles. The Hall–Kier alpha value is -1.94. The second kappa shape index (κ2) is 8.39. The van der Waals surface area contributed by atoms with Gasteiger partial charge in [-0.3, -0.25) is 9.47 Å². The summed E-state index contributed by atoms with van der Waals surface area (Å²) in [5.74, 6) is 4.60. The van der Waals surface area contributed by atoms with Crippen molar-refractivity contribution < 1.29 is 8.78 Å². The quantitative estimate of drug-likeness (QED) is 0.767. The lowest BCUT2D eigenvalue weighted by atomic mass is 10.3. The van der Waals surface area contributed by atoms with Crippen molar-refractivity contribution in [1.29, 1.82) is 0 Å². The molecule has 2 fully saturated rings. The molecule has 4 rings (SSSR count). The number of nitrogens with zero attached hydrogens (tertiary/aromatic N) is 7. The minimum atomic E-state index is -2.54. The molecular formula is C17H23F2N7S. The van der Waals surface area contributed by atoms with Crippen LogP contribution in [0.1, 0.15) is 12.4 Å². The fourth-order valence-electron chi connectivity index (χ4n) is 3.45. The third-order valence-corrected chi connectivity index (χ3v) is 5.94. The van der Waals surface area contributed by atoms with E-state index in [9.17, 15) is 8.78 Å². The molecule has 0 aliphatic carbocycles. The Balaban J connectivity index is 1.36. The lowest BCUT2D eigenvalue weighted by Gasteiger charge is -2.35. The molecule has 0 amide bonds. The largest absolute Gasteiger partial charge is 0.355 e. The number of imidazole rings is 1. The smallest absolute Gasteiger partial charge is 0.319 e. The van der Waals surface area contributed by atoms with Crippen molar-refractivity contribution in [3.05, 3.63) is 30.6 Å². The summed E-state index contributed by atoms with van der Waals surface area (Å²) in [6, 6.07) is 2.06. The molecule has 2 aromatic rings. The van der Waals surface area contributed by atoms with Crippen molar-refractivity contribution in [3.63, 3.8) is 0 Å². The predicted molar refractivity (Wildman–Crippen MR) is 103 cm³/mol. The average Bonchev–Trinajstić information content (AvgIpc) is 3.18. The van der Waals surface area contributed by atoms with Gasteiger partial charge in [0.2, 0.25) is 0 Å². The van der Waals surface area contributed by atoms with Crippen LogP contribution in [0.15, 0.2) is 24.8 Å². The monoisotopic (exact) mass is 395 g/mol. The van der Waals surface area contributed by atoms with E-state index in [1.807, 2.05) is 11.8 Å². The molecule has 0 saturated carbocycles. The summed E-state index contributed by atoms with van der Waals surface area (Å²) in [5.41, 5.74) is 0. The molecule has 0 aromatic carbocycles. The molecule has 2 aliphatic rings. The van der Waals surface area contributed by atoms with Gasteiger partial charge in [-0.2, -0.15) is 20.5 Å². The topological polar surface area (TPSA) is 53.3 Å². The molecule has 146 valence electrons. The maximum Gasteiger partial charge on any atom is 0.319 e. The molecule has 0 spiro atoms. The van der Waals surface area contributed by atoms with Gasteiger partial charge >= 0.3 is 6.55 Å². The highest BCUT2D eigenvalue weighted by molar-refractivity contribution is 7.99. The second-order valence-corrected chi connectivity index (χ2v) is 7.85. The number of aromatic nitrogens is 4. The Morgan fingerprint density at radius 3 is 2.26 bits per heavy atom. The van der Waals surface area contributed by atoms with E-state index < -0.39 is 6.55 Å². The van der Waals surface area contributed by atoms with Crippen LogP contribution in [-0.2, 0) is 6.54 Å². The normalized spacial score (nSPS) is 19.1. The van der Waals surface area contributed by atoms with Gasteiger partial charge in [-0.25, -0.2) is 15.0 Å². The number of thioether (sulfide) groups is 1. The molecular weight excluding hydrogens is 372 g/mol. The highest BCUT2D eigenvalue weighted by atomic mass is 32.2. The summed E-state index contributed by atoms with van der Waals surface area (Å²) in [5, 5.41) is 0. The van der Waals surface area contributed by atoms with Gasteiger partial charge in [-0.05, 0) is 0 Å². The third kappa shape index (κ3) is 4.32. The molecule has 0 atom stereocenters. The van der Waals surface area contributed by atoms with Gasteiger partial charge in [0.15, 0.2) is 0 Å². The van der Waals surface area contributed by atoms with Crippen molar-refractivity contribution in [2.24, 2.45) is 0 Å². The van der Waals surface area contributed by atoms with Gasteiger partial charge < -0.3 is 9.80 Å². The van der Waals surface area contributed by atoms with Crippen LogP contribution in [0.2, 0.25) is 0 Å². The molecule has 2 aromatic heterocycles. The lowest BCUT2D eigenvalue weighted by molar-refractivity contribution is 0.0637. The van der Waals surface area contributed by atoms with Crippen molar-refractivity contribution in [2.75, 3.05) is 60.6 Å². The molecule has 27 heavy (non-hydrogen) atoms. The molecule has 4 heterocycles. The Morgan fingerprint density at radius 2 is 1.59 bits per heavy atom. The Bertz CT molecular complexity index is 742. The van der Waals surface area contributed by atoms with E-state index >= 15 is 0 Å². The second-order valence-electron chi connectivity index (χ2n) is 6.63. The zero-order valence-corrected chi connectivity index (χ0v) is 15.9. The predicted octanol–water partition coefficient (Wildman–Crippen LogP) is 1.94. The van der Waals surface area contributed by atoms with Gasteiger partial charge in [0.1, 0.15) is 23.8 Å². The number of anilines is 2. The molecule has 2 saturated heterocycles. The number of halogens is 2. The Kier molecular flexibility index (Phi) is 5.72. The summed E-state index contributed by atoms with van der Waals surface area (Å²) in [4.78, 5) is 19.7. The average molecular weight is 395 g/mol. The highest BCUT2D eigenvalue weighted by Crippen LogP contribution is 2.22. The lowest BCUT2D eigenvalue weighted by Crippen LogP contribution is -2.46. The van der Waals surface area contributed by atoms with E-state index in [1.54, 1.807) is 6.33 Å². The fourth-order valence-corrected chi connectivity index (χ4v) is 4.36. The molecule has 7 nitrogen and oxygen atoms in total. The SMILES string of the molecule is FC(F)n1ccnc1CN1CCN(c2cc(N3CCSCC3)ncn2)CC1. The van der Waals surface area contributed by atoms with Gasteiger partial charge in [0.05, 0.1) is 6.54 Å². The maximum atomic E-state index is 13.0. The van der Waals surface area contributed by atoms with Gasteiger partial charge in [-0.15, -0.1) is 0 Å². The highest BCUT2D eigenvalue weighted by Gasteiger charge is 2.22. The summed E-state index contributed by atoms with van der Waals surface area (Å²) in [6.07, 6.45) is 4.40. The van der Waals surface area contributed by atoms with Crippen molar-refractivity contribution in [1.82, 2.24) is 24.4 Å². The number of hydrogen-bond donors (Lipinski definition) is 0. The molecule has 0 N–H and O–H groups in total. The molecule has 0 bridgehead atoms. The van der Waals surface area contributed by atoms with E-state index in [2.05, 4.69) is 35.7 Å². The van der Waals surface area contributed by atoms with Crippen LogP contribution in [0.25, 0.3) is 0 Å². The molecule has 0 unspecified atom stereocenters. The fraction of sp³-hybridized carbons (Fsp3) is 0.588. The summed E-state index contributed by atoms with van der Waals surface area (Å²) in [6.45, 7) is 3.12. The molecule has 0 radical (unpaired) electrons. The maximum absolute atomic E-state index is 13.0. The van der Waals surface area contributed by atoms with Gasteiger partial charge in [-0.1, -0.05) is 0 Å². The van der Waals surface area contributed by atoms with Crippen molar-refractivity contribution >= 4 is 23.4 Å². The van der Waals surface area contributed by atoms with E-state index in [0.29, 0.717) is 12.4 Å². The van der Waals surface area contributed by atoms with Crippen LogP contribution in [-0.4, -0.2) is 75.2 Å². The van der Waals surface area contributed by atoms with E-state index in [-0.39, 0.29) is 0 Å². The zero-order chi connectivity index (χ0) is 18.6. The van der Waals surface area contributed by atoms with E-state index in [4.69, 9.17) is 0 Å². The summed E-state index contributed by atoms with van der Waals surface area (Å²) < 4.78 is 26.9. The van der Waals surface area contributed by atoms with Crippen LogP contribution < -0.4 is 9.80 Å².